The molecule has 0 spiro atoms. The minimum absolute atomic E-state index is 0.0763. The van der Waals surface area contributed by atoms with Crippen molar-refractivity contribution >= 4 is 21.6 Å². The van der Waals surface area contributed by atoms with E-state index in [9.17, 15) is 4.79 Å². The van der Waals surface area contributed by atoms with Crippen molar-refractivity contribution in [3.8, 4) is 0 Å². The Kier molecular flexibility index (Phi) is 3.19. The molecule has 0 fully saturated rings. The molecule has 0 saturated heterocycles. The van der Waals surface area contributed by atoms with Crippen LogP contribution in [0.2, 0.25) is 0 Å². The summed E-state index contributed by atoms with van der Waals surface area (Å²) in [7, 11) is 0. The van der Waals surface area contributed by atoms with E-state index in [1.807, 2.05) is 48.5 Å². The lowest BCUT2D eigenvalue weighted by atomic mass is 10.1. The van der Waals surface area contributed by atoms with Crippen LogP contribution < -0.4 is 11.3 Å². The van der Waals surface area contributed by atoms with E-state index >= 15 is 0 Å². The maximum Gasteiger partial charge on any atom is 0.268 e. The fourth-order valence-corrected chi connectivity index (χ4v) is 3.20. The Bertz CT molecular complexity index is 773. The number of rotatable bonds is 3. The first-order chi connectivity index (χ1) is 9.29. The summed E-state index contributed by atoms with van der Waals surface area (Å²) in [6, 6.07) is 15.7. The van der Waals surface area contributed by atoms with Crippen molar-refractivity contribution < 1.29 is 0 Å². The van der Waals surface area contributed by atoms with Gasteiger partial charge in [0.05, 0.1) is 16.6 Å². The Morgan fingerprint density at radius 1 is 1.00 bits per heavy atom. The van der Waals surface area contributed by atoms with Gasteiger partial charge in [-0.3, -0.25) is 8.75 Å². The second-order valence-electron chi connectivity index (χ2n) is 4.40. The van der Waals surface area contributed by atoms with Crippen LogP contribution in [0.25, 0.3) is 10.1 Å². The zero-order valence-electron chi connectivity index (χ0n) is 10.4. The van der Waals surface area contributed by atoms with Gasteiger partial charge in [0.25, 0.3) is 5.56 Å². The fraction of sp³-hybridized carbons (Fsp3) is 0.133. The van der Waals surface area contributed by atoms with E-state index < -0.39 is 0 Å². The molecule has 0 radical (unpaired) electrons. The summed E-state index contributed by atoms with van der Waals surface area (Å²) in [6.45, 7) is 1.08. The highest BCUT2D eigenvalue weighted by molar-refractivity contribution is 7.13. The van der Waals surface area contributed by atoms with E-state index in [0.29, 0.717) is 13.1 Å². The number of nitrogens with two attached hydrogens (primary N) is 1. The maximum absolute atomic E-state index is 12.3. The lowest BCUT2D eigenvalue weighted by Crippen LogP contribution is -2.15. The van der Waals surface area contributed by atoms with Gasteiger partial charge in [-0.15, -0.1) is 0 Å². The van der Waals surface area contributed by atoms with E-state index in [4.69, 9.17) is 5.73 Å². The molecular formula is C15H14N2OS. The summed E-state index contributed by atoms with van der Waals surface area (Å²) in [5.41, 5.74) is 8.01. The zero-order chi connectivity index (χ0) is 13.2. The molecule has 96 valence electrons. The highest BCUT2D eigenvalue weighted by Gasteiger charge is 2.08. The third kappa shape index (κ3) is 2.20. The smallest absolute Gasteiger partial charge is 0.268 e. The predicted octanol–water partition coefficient (Wildman–Crippen LogP) is 2.57. The number of aromatic nitrogens is 1. The predicted molar refractivity (Wildman–Crippen MR) is 79.5 cm³/mol. The van der Waals surface area contributed by atoms with Crippen LogP contribution in [0, 0.1) is 0 Å². The van der Waals surface area contributed by atoms with Crippen molar-refractivity contribution in [3.63, 3.8) is 0 Å². The first-order valence-corrected chi connectivity index (χ1v) is 6.92. The Morgan fingerprint density at radius 3 is 2.42 bits per heavy atom. The monoisotopic (exact) mass is 270 g/mol. The molecule has 0 atom stereocenters. The average molecular weight is 270 g/mol. The van der Waals surface area contributed by atoms with E-state index in [1.165, 1.54) is 11.5 Å². The number of fused-ring (bicyclic) bond motifs is 1. The van der Waals surface area contributed by atoms with Crippen LogP contribution in [0.5, 0.6) is 0 Å². The lowest BCUT2D eigenvalue weighted by Gasteiger charge is -2.06. The standard InChI is InChI=1S/C15H14N2OS/c16-9-11-5-1-2-6-12(11)10-17-15(18)13-7-3-4-8-14(13)19-17/h1-8H,9-10,16H2. The van der Waals surface area contributed by atoms with E-state index in [0.717, 1.165) is 21.2 Å². The SMILES string of the molecule is NCc1ccccc1Cn1sc2ccccc2c1=O. The third-order valence-corrected chi connectivity index (χ3v) is 4.27. The molecule has 0 bridgehead atoms. The summed E-state index contributed by atoms with van der Waals surface area (Å²) in [5, 5.41) is 0.790. The van der Waals surface area contributed by atoms with Gasteiger partial charge in [0, 0.05) is 6.54 Å². The van der Waals surface area contributed by atoms with Crippen LogP contribution >= 0.6 is 11.5 Å². The molecule has 3 nitrogen and oxygen atoms in total. The summed E-state index contributed by atoms with van der Waals surface area (Å²) in [4.78, 5) is 12.3. The second kappa shape index (κ2) is 4.99. The summed E-state index contributed by atoms with van der Waals surface area (Å²) in [5.74, 6) is 0. The van der Waals surface area contributed by atoms with Gasteiger partial charge in [-0.25, -0.2) is 0 Å². The summed E-state index contributed by atoms with van der Waals surface area (Å²) >= 11 is 1.50. The van der Waals surface area contributed by atoms with Gasteiger partial charge in [-0.2, -0.15) is 0 Å². The molecule has 3 rings (SSSR count). The van der Waals surface area contributed by atoms with Gasteiger partial charge in [-0.1, -0.05) is 47.9 Å². The van der Waals surface area contributed by atoms with Crippen molar-refractivity contribution in [2.45, 2.75) is 13.1 Å². The molecule has 3 aromatic rings. The van der Waals surface area contributed by atoms with Gasteiger partial charge >= 0.3 is 0 Å². The first-order valence-electron chi connectivity index (χ1n) is 6.15. The summed E-state index contributed by atoms with van der Waals surface area (Å²) in [6.07, 6.45) is 0. The second-order valence-corrected chi connectivity index (χ2v) is 5.47. The fourth-order valence-electron chi connectivity index (χ4n) is 2.19. The molecule has 2 aromatic carbocycles. The van der Waals surface area contributed by atoms with Crippen molar-refractivity contribution in [1.29, 1.82) is 0 Å². The van der Waals surface area contributed by atoms with Crippen LogP contribution in [0.4, 0.5) is 0 Å². The molecule has 2 N–H and O–H groups in total. The molecule has 19 heavy (non-hydrogen) atoms. The van der Waals surface area contributed by atoms with Crippen LogP contribution in [0.3, 0.4) is 0 Å². The number of hydrogen-bond acceptors (Lipinski definition) is 3. The van der Waals surface area contributed by atoms with Crippen LogP contribution in [-0.2, 0) is 13.1 Å². The van der Waals surface area contributed by atoms with Gasteiger partial charge < -0.3 is 5.73 Å². The quantitative estimate of drug-likeness (QED) is 0.795. The molecule has 1 heterocycles. The largest absolute Gasteiger partial charge is 0.326 e. The van der Waals surface area contributed by atoms with Crippen molar-refractivity contribution in [1.82, 2.24) is 3.96 Å². The first kappa shape index (κ1) is 12.1. The van der Waals surface area contributed by atoms with Gasteiger partial charge in [0.1, 0.15) is 0 Å². The average Bonchev–Trinajstić information content (AvgIpc) is 2.77. The highest BCUT2D eigenvalue weighted by Crippen LogP contribution is 2.18. The normalized spacial score (nSPS) is 11.0. The van der Waals surface area contributed by atoms with Crippen molar-refractivity contribution in [2.75, 3.05) is 0 Å². The molecule has 0 saturated carbocycles. The molecule has 1 aromatic heterocycles. The van der Waals surface area contributed by atoms with Gasteiger partial charge in [0.15, 0.2) is 0 Å². The Hall–Kier alpha value is -1.91. The van der Waals surface area contributed by atoms with E-state index in [1.54, 1.807) is 3.96 Å². The minimum atomic E-state index is 0.0763. The third-order valence-electron chi connectivity index (χ3n) is 3.20. The minimum Gasteiger partial charge on any atom is -0.326 e. The highest BCUT2D eigenvalue weighted by atomic mass is 32.1. The molecule has 0 aliphatic heterocycles. The Balaban J connectivity index is 2.06. The van der Waals surface area contributed by atoms with E-state index in [2.05, 4.69) is 0 Å². The maximum atomic E-state index is 12.3. The molecule has 4 heteroatoms. The van der Waals surface area contributed by atoms with Crippen molar-refractivity contribution in [3.05, 3.63) is 70.0 Å². The Labute approximate surface area is 115 Å². The Morgan fingerprint density at radius 2 is 1.68 bits per heavy atom. The van der Waals surface area contributed by atoms with Crippen LogP contribution in [-0.4, -0.2) is 3.96 Å². The number of hydrogen-bond donors (Lipinski definition) is 1. The molecule has 0 aliphatic carbocycles. The zero-order valence-corrected chi connectivity index (χ0v) is 11.2. The lowest BCUT2D eigenvalue weighted by molar-refractivity contribution is 0.836. The molecular weight excluding hydrogens is 256 g/mol. The van der Waals surface area contributed by atoms with Crippen LogP contribution in [0.15, 0.2) is 53.3 Å². The molecule has 0 unspecified atom stereocenters. The number of nitrogens with zero attached hydrogens (tertiary/aromatic N) is 1. The topological polar surface area (TPSA) is 48.0 Å². The van der Waals surface area contributed by atoms with Gasteiger partial charge in [-0.05, 0) is 23.3 Å². The number of benzene rings is 2. The molecule has 0 aliphatic rings. The summed E-state index contributed by atoms with van der Waals surface area (Å²) < 4.78 is 2.82. The molecule has 0 amide bonds. The van der Waals surface area contributed by atoms with E-state index in [-0.39, 0.29) is 5.56 Å². The van der Waals surface area contributed by atoms with Crippen LogP contribution in [0.1, 0.15) is 11.1 Å². The van der Waals surface area contributed by atoms with Gasteiger partial charge in [0.2, 0.25) is 0 Å². The van der Waals surface area contributed by atoms with Crippen molar-refractivity contribution in [2.24, 2.45) is 5.73 Å².